The Bertz CT molecular complexity index is 1970. The molecule has 0 aliphatic rings. The summed E-state index contributed by atoms with van der Waals surface area (Å²) in [7, 11) is 0. The van der Waals surface area contributed by atoms with Crippen LogP contribution < -0.4 is 4.40 Å². The molecule has 7 rings (SSSR count). The predicted molar refractivity (Wildman–Crippen MR) is 187 cm³/mol. The van der Waals surface area contributed by atoms with Crippen LogP contribution in [-0.4, -0.2) is 23.2 Å². The summed E-state index contributed by atoms with van der Waals surface area (Å²) in [5.41, 5.74) is 5.37. The van der Waals surface area contributed by atoms with Crippen molar-refractivity contribution in [3.63, 3.8) is 0 Å². The minimum Gasteiger partial charge on any atom is -0.305 e. The van der Waals surface area contributed by atoms with Crippen LogP contribution in [-0.2, 0) is 20.1 Å². The molecule has 0 saturated heterocycles. The summed E-state index contributed by atoms with van der Waals surface area (Å²) in [6.45, 7) is 4.44. The van der Waals surface area contributed by atoms with E-state index in [4.69, 9.17) is 0 Å². The van der Waals surface area contributed by atoms with Gasteiger partial charge in [0, 0.05) is 26.3 Å². The Kier molecular flexibility index (Phi) is 9.80. The average molecular weight is 810 g/mol. The Morgan fingerprint density at radius 2 is 1.25 bits per heavy atom. The van der Waals surface area contributed by atoms with E-state index < -0.39 is 13.3 Å². The van der Waals surface area contributed by atoms with Crippen molar-refractivity contribution in [1.82, 2.24) is 9.97 Å². The smallest absolute Gasteiger partial charge is 0.0160 e. The Morgan fingerprint density at radius 3 is 1.91 bits per heavy atom. The van der Waals surface area contributed by atoms with Crippen molar-refractivity contribution in [3.05, 3.63) is 139 Å². The van der Waals surface area contributed by atoms with E-state index in [0.29, 0.717) is 5.92 Å². The van der Waals surface area contributed by atoms with Gasteiger partial charge in [0.2, 0.25) is 0 Å². The van der Waals surface area contributed by atoms with Crippen LogP contribution in [0.1, 0.15) is 25.3 Å². The Balaban J connectivity index is 0.000000248. The van der Waals surface area contributed by atoms with E-state index in [-0.39, 0.29) is 20.1 Å². The Labute approximate surface area is 277 Å². The van der Waals surface area contributed by atoms with Gasteiger partial charge in [-0.3, -0.25) is 0 Å². The number of hydrogen-bond donors (Lipinski definition) is 0. The minimum absolute atomic E-state index is 0. The molecule has 5 aromatic carbocycles. The van der Waals surface area contributed by atoms with Gasteiger partial charge in [0.05, 0.1) is 0 Å². The van der Waals surface area contributed by atoms with Crippen LogP contribution in [0.15, 0.2) is 122 Å². The molecule has 0 aliphatic heterocycles. The van der Waals surface area contributed by atoms with Gasteiger partial charge in [-0.2, -0.15) is 0 Å². The van der Waals surface area contributed by atoms with Gasteiger partial charge < -0.3 is 4.98 Å². The van der Waals surface area contributed by atoms with Crippen molar-refractivity contribution in [1.29, 1.82) is 0 Å². The first-order chi connectivity index (χ1) is 20.8. The van der Waals surface area contributed by atoms with Crippen molar-refractivity contribution in [3.8, 4) is 22.5 Å². The Hall–Kier alpha value is -3.63. The first-order valence-corrected chi connectivity index (χ1v) is 22.3. The molecule has 1 radical (unpaired) electrons. The van der Waals surface area contributed by atoms with Crippen LogP contribution in [0, 0.1) is 12.1 Å². The van der Waals surface area contributed by atoms with E-state index in [0.717, 1.165) is 22.5 Å². The minimum atomic E-state index is -1.92. The van der Waals surface area contributed by atoms with Crippen LogP contribution >= 0.6 is 0 Å². The van der Waals surface area contributed by atoms with E-state index in [1.807, 2.05) is 48.7 Å². The number of benzene rings is 5. The molecule has 0 atom stereocenters. The third kappa shape index (κ3) is 6.71. The molecule has 4 heteroatoms. The number of rotatable bonds is 4. The molecule has 44 heavy (non-hydrogen) atoms. The van der Waals surface area contributed by atoms with Crippen LogP contribution in [0.3, 0.4) is 0 Å². The molecule has 7 aromatic rings. The maximum absolute atomic E-state index is 4.65. The fraction of sp³-hybridized carbons (Fsp3) is 0.150. The molecule has 221 valence electrons. The third-order valence-corrected chi connectivity index (χ3v) is 12.3. The van der Waals surface area contributed by atoms with Gasteiger partial charge in [0.25, 0.3) is 0 Å². The number of pyridine rings is 2. The molecule has 0 N–H and O–H groups in total. The van der Waals surface area contributed by atoms with Crippen LogP contribution in [0.5, 0.6) is 0 Å². The van der Waals surface area contributed by atoms with Crippen LogP contribution in [0.2, 0.25) is 17.3 Å². The summed E-state index contributed by atoms with van der Waals surface area (Å²) in [4.78, 5) is 8.87. The summed E-state index contributed by atoms with van der Waals surface area (Å²) in [5.74, 6) is 7.86. The molecular weight excluding hydrogens is 773 g/mol. The van der Waals surface area contributed by atoms with Gasteiger partial charge in [0.15, 0.2) is 0 Å². The Morgan fingerprint density at radius 1 is 0.568 bits per heavy atom. The van der Waals surface area contributed by atoms with Crippen molar-refractivity contribution < 1.29 is 20.1 Å². The first kappa shape index (κ1) is 31.8. The van der Waals surface area contributed by atoms with Crippen molar-refractivity contribution in [2.45, 2.75) is 37.0 Å². The quantitative estimate of drug-likeness (QED) is 0.101. The fourth-order valence-electron chi connectivity index (χ4n) is 5.53. The van der Waals surface area contributed by atoms with E-state index in [1.165, 1.54) is 37.9 Å². The normalized spacial score (nSPS) is 11.3. The molecule has 2 heterocycles. The molecule has 0 saturated carbocycles. The molecule has 0 fully saturated rings. The molecule has 0 spiro atoms. The molecular formula is C40H36GeIrN2-2. The SMILES string of the molecule is CC(C)c1ccnc(-c2[c-]cc3c4cc[c]([Ge]([CH3])([CH3])[CH3])cc4c4ccccc4c3c2)c1.[Ir].[c-]1ccccc1-c1ccccn1. The van der Waals surface area contributed by atoms with Gasteiger partial charge in [-0.05, 0) is 11.8 Å². The molecule has 2 nitrogen and oxygen atoms in total. The summed E-state index contributed by atoms with van der Waals surface area (Å²) in [5, 5.41) is 7.86. The number of aromatic nitrogens is 2. The average Bonchev–Trinajstić information content (AvgIpc) is 3.05. The standard InChI is InChI=1S/C29H28GeN.C11H8N.Ir/c1-19(2)20-14-15-31-29(17-20)21-10-12-25-26-13-11-22(30(3,4)5)18-28(26)24-9-7-6-8-23(24)27(25)16-21;1-2-6-10(7-3-1)11-8-4-5-9-12-11;/h6-9,11-19H,1-5H3;1-6,8-9H;/q2*-1;. The molecule has 0 amide bonds. The van der Waals surface area contributed by atoms with Crippen LogP contribution in [0.25, 0.3) is 54.8 Å². The zero-order valence-corrected chi connectivity index (χ0v) is 30.3. The largest absolute Gasteiger partial charge is 0.305 e. The molecule has 2 aromatic heterocycles. The van der Waals surface area contributed by atoms with Gasteiger partial charge >= 0.3 is 174 Å². The topological polar surface area (TPSA) is 25.8 Å². The maximum Gasteiger partial charge on any atom is 0.0160 e. The summed E-state index contributed by atoms with van der Waals surface area (Å²) in [6.07, 6.45) is 3.71. The number of fused-ring (bicyclic) bond motifs is 6. The fourth-order valence-corrected chi connectivity index (χ4v) is 7.97. The molecule has 0 bridgehead atoms. The van der Waals surface area contributed by atoms with Gasteiger partial charge in [-0.25, -0.2) is 0 Å². The zero-order valence-electron chi connectivity index (χ0n) is 25.9. The van der Waals surface area contributed by atoms with Crippen molar-refractivity contribution in [2.75, 3.05) is 0 Å². The molecule has 0 unspecified atom stereocenters. The zero-order chi connectivity index (χ0) is 30.0. The second-order valence-electron chi connectivity index (χ2n) is 12.4. The predicted octanol–water partition coefficient (Wildman–Crippen LogP) is 10.2. The monoisotopic (exact) mass is 811 g/mol. The summed E-state index contributed by atoms with van der Waals surface area (Å²) in [6, 6.07) is 45.1. The van der Waals surface area contributed by atoms with Gasteiger partial charge in [0.1, 0.15) is 0 Å². The molecule has 0 aliphatic carbocycles. The second-order valence-corrected chi connectivity index (χ2v) is 23.0. The van der Waals surface area contributed by atoms with Crippen LogP contribution in [0.4, 0.5) is 0 Å². The van der Waals surface area contributed by atoms with Gasteiger partial charge in [-0.15, -0.1) is 35.9 Å². The maximum atomic E-state index is 4.65. The second kappa shape index (κ2) is 13.6. The number of nitrogens with zero attached hydrogens (tertiary/aromatic N) is 2. The van der Waals surface area contributed by atoms with Crippen molar-refractivity contribution in [2.24, 2.45) is 0 Å². The first-order valence-electron chi connectivity index (χ1n) is 14.9. The summed E-state index contributed by atoms with van der Waals surface area (Å²) < 4.78 is 1.55. The van der Waals surface area contributed by atoms with E-state index in [9.17, 15) is 0 Å². The van der Waals surface area contributed by atoms with E-state index in [1.54, 1.807) is 10.6 Å². The van der Waals surface area contributed by atoms with Crippen molar-refractivity contribution >= 4 is 50.0 Å². The summed E-state index contributed by atoms with van der Waals surface area (Å²) >= 11 is -1.92. The number of hydrogen-bond acceptors (Lipinski definition) is 2. The van der Waals surface area contributed by atoms with E-state index in [2.05, 4.69) is 120 Å². The van der Waals surface area contributed by atoms with E-state index >= 15 is 0 Å². The third-order valence-electron chi connectivity index (χ3n) is 8.01. The van der Waals surface area contributed by atoms with Gasteiger partial charge in [-0.1, -0.05) is 26.0 Å².